The predicted octanol–water partition coefficient (Wildman–Crippen LogP) is 2.88. The summed E-state index contributed by atoms with van der Waals surface area (Å²) in [5.74, 6) is 0.134. The van der Waals surface area contributed by atoms with E-state index in [2.05, 4.69) is 0 Å². The highest BCUT2D eigenvalue weighted by Gasteiger charge is 2.22. The minimum Gasteiger partial charge on any atom is -0.508 e. The van der Waals surface area contributed by atoms with Crippen molar-refractivity contribution in [3.8, 4) is 23.0 Å². The number of benzene rings is 2. The molecule has 0 aliphatic carbocycles. The Balaban J connectivity index is 1.91. The molecule has 0 unspecified atom stereocenters. The fourth-order valence-electron chi connectivity index (χ4n) is 2.82. The summed E-state index contributed by atoms with van der Waals surface area (Å²) in [4.78, 5) is 24.3. The summed E-state index contributed by atoms with van der Waals surface area (Å²) in [6, 6.07) is 8.64. The highest BCUT2D eigenvalue weighted by Crippen LogP contribution is 2.40. The zero-order valence-electron chi connectivity index (χ0n) is 15.5. The molecule has 8 heteroatoms. The minimum absolute atomic E-state index is 0.0418. The van der Waals surface area contributed by atoms with E-state index in [4.69, 9.17) is 23.4 Å². The summed E-state index contributed by atoms with van der Waals surface area (Å²) < 4.78 is 26.2. The summed E-state index contributed by atoms with van der Waals surface area (Å²) in [5, 5.41) is 10.1. The van der Waals surface area contributed by atoms with Crippen LogP contribution in [0.3, 0.4) is 0 Å². The van der Waals surface area contributed by atoms with Gasteiger partial charge in [-0.3, -0.25) is 0 Å². The highest BCUT2D eigenvalue weighted by molar-refractivity contribution is 5.94. The van der Waals surface area contributed by atoms with Crippen molar-refractivity contribution >= 4 is 16.9 Å². The molecule has 0 amide bonds. The average molecular weight is 386 g/mol. The van der Waals surface area contributed by atoms with E-state index in [1.807, 2.05) is 0 Å². The summed E-state index contributed by atoms with van der Waals surface area (Å²) in [5.41, 5.74) is 0.166. The molecule has 0 aliphatic rings. The van der Waals surface area contributed by atoms with Crippen molar-refractivity contribution < 1.29 is 33.3 Å². The average Bonchev–Trinajstić information content (AvgIpc) is 2.69. The van der Waals surface area contributed by atoms with Gasteiger partial charge in [-0.2, -0.15) is 0 Å². The van der Waals surface area contributed by atoms with Gasteiger partial charge in [0, 0.05) is 23.1 Å². The number of rotatable bonds is 6. The Kier molecular flexibility index (Phi) is 5.39. The number of fused-ring (bicyclic) bond motifs is 1. The van der Waals surface area contributed by atoms with Crippen molar-refractivity contribution in [2.24, 2.45) is 0 Å². The van der Waals surface area contributed by atoms with Gasteiger partial charge in [-0.1, -0.05) is 0 Å². The first kappa shape index (κ1) is 19.1. The summed E-state index contributed by atoms with van der Waals surface area (Å²) in [7, 11) is 4.30. The standard InChI is InChI=1S/C20H18O8/c1-24-15-7-6-14(18(25-2)19(15)26-3)20(23)27-10-11-8-17(22)28-16-9-12(21)4-5-13(11)16/h4-9,21H,10H2,1-3H3. The number of methoxy groups -OCH3 is 3. The van der Waals surface area contributed by atoms with E-state index in [-0.39, 0.29) is 35.0 Å². The van der Waals surface area contributed by atoms with E-state index < -0.39 is 11.6 Å². The zero-order chi connectivity index (χ0) is 20.3. The van der Waals surface area contributed by atoms with Crippen LogP contribution < -0.4 is 19.8 Å². The van der Waals surface area contributed by atoms with E-state index in [1.165, 1.54) is 45.6 Å². The Labute approximate surface area is 159 Å². The Bertz CT molecular complexity index is 1080. The summed E-state index contributed by atoms with van der Waals surface area (Å²) in [6.07, 6.45) is 0. The molecule has 3 aromatic rings. The van der Waals surface area contributed by atoms with Crippen LogP contribution in [-0.4, -0.2) is 32.4 Å². The van der Waals surface area contributed by atoms with Gasteiger partial charge in [0.1, 0.15) is 23.5 Å². The molecule has 3 rings (SSSR count). The lowest BCUT2D eigenvalue weighted by atomic mass is 10.1. The molecule has 1 heterocycles. The van der Waals surface area contributed by atoms with Crippen LogP contribution in [0.5, 0.6) is 23.0 Å². The Hall–Kier alpha value is -3.68. The van der Waals surface area contributed by atoms with Crippen molar-refractivity contribution in [1.29, 1.82) is 0 Å². The fourth-order valence-corrected chi connectivity index (χ4v) is 2.82. The van der Waals surface area contributed by atoms with Crippen LogP contribution in [0, 0.1) is 0 Å². The van der Waals surface area contributed by atoms with E-state index in [0.29, 0.717) is 16.7 Å². The van der Waals surface area contributed by atoms with Crippen LogP contribution in [0.1, 0.15) is 15.9 Å². The predicted molar refractivity (Wildman–Crippen MR) is 99.4 cm³/mol. The van der Waals surface area contributed by atoms with E-state index in [9.17, 15) is 14.7 Å². The number of carbonyl (C=O) groups excluding carboxylic acids is 1. The van der Waals surface area contributed by atoms with Crippen LogP contribution in [0.2, 0.25) is 0 Å². The van der Waals surface area contributed by atoms with E-state index >= 15 is 0 Å². The normalized spacial score (nSPS) is 10.5. The van der Waals surface area contributed by atoms with Crippen LogP contribution in [0.25, 0.3) is 11.0 Å². The van der Waals surface area contributed by atoms with Gasteiger partial charge in [0.25, 0.3) is 0 Å². The van der Waals surface area contributed by atoms with E-state index in [0.717, 1.165) is 0 Å². The highest BCUT2D eigenvalue weighted by atomic mass is 16.5. The molecule has 0 spiro atoms. The molecule has 1 aromatic heterocycles. The van der Waals surface area contributed by atoms with Crippen molar-refractivity contribution in [3.05, 3.63) is 57.9 Å². The topological polar surface area (TPSA) is 104 Å². The fraction of sp³-hybridized carbons (Fsp3) is 0.200. The molecule has 28 heavy (non-hydrogen) atoms. The third-order valence-electron chi connectivity index (χ3n) is 4.10. The van der Waals surface area contributed by atoms with Crippen molar-refractivity contribution in [3.63, 3.8) is 0 Å². The summed E-state index contributed by atoms with van der Waals surface area (Å²) >= 11 is 0. The molecule has 0 atom stereocenters. The quantitative estimate of drug-likeness (QED) is 0.509. The first-order valence-electron chi connectivity index (χ1n) is 8.20. The van der Waals surface area contributed by atoms with Gasteiger partial charge < -0.3 is 28.5 Å². The number of phenols is 1. The maximum atomic E-state index is 12.6. The lowest BCUT2D eigenvalue weighted by molar-refractivity contribution is 0.0469. The van der Waals surface area contributed by atoms with E-state index in [1.54, 1.807) is 12.1 Å². The third kappa shape index (κ3) is 3.57. The SMILES string of the molecule is COc1ccc(C(=O)OCc2cc(=O)oc3cc(O)ccc23)c(OC)c1OC. The largest absolute Gasteiger partial charge is 0.508 e. The first-order valence-corrected chi connectivity index (χ1v) is 8.20. The number of phenolic OH excluding ortho intramolecular Hbond substituents is 1. The zero-order valence-corrected chi connectivity index (χ0v) is 15.5. The molecule has 0 fully saturated rings. The van der Waals surface area contributed by atoms with Crippen LogP contribution >= 0.6 is 0 Å². The molecule has 0 saturated heterocycles. The molecular weight excluding hydrogens is 368 g/mol. The van der Waals surface area contributed by atoms with Gasteiger partial charge in [0.05, 0.1) is 21.3 Å². The number of aromatic hydroxyl groups is 1. The van der Waals surface area contributed by atoms with Gasteiger partial charge in [0.15, 0.2) is 11.5 Å². The van der Waals surface area contributed by atoms with Crippen molar-refractivity contribution in [1.82, 2.24) is 0 Å². The van der Waals surface area contributed by atoms with Crippen LogP contribution in [0.15, 0.2) is 45.6 Å². The third-order valence-corrected chi connectivity index (χ3v) is 4.10. The molecule has 8 nitrogen and oxygen atoms in total. The first-order chi connectivity index (χ1) is 13.5. The molecule has 0 aliphatic heterocycles. The molecular formula is C20H18O8. The second-order valence-corrected chi connectivity index (χ2v) is 5.73. The number of hydrogen-bond acceptors (Lipinski definition) is 8. The monoisotopic (exact) mass is 386 g/mol. The van der Waals surface area contributed by atoms with Gasteiger partial charge in [-0.25, -0.2) is 9.59 Å². The molecule has 0 saturated carbocycles. The maximum absolute atomic E-state index is 12.6. The lowest BCUT2D eigenvalue weighted by Gasteiger charge is -2.15. The second kappa shape index (κ2) is 7.91. The van der Waals surface area contributed by atoms with Gasteiger partial charge in [0.2, 0.25) is 5.75 Å². The minimum atomic E-state index is -0.669. The summed E-state index contributed by atoms with van der Waals surface area (Å²) in [6.45, 7) is -0.177. The number of esters is 1. The van der Waals surface area contributed by atoms with Crippen LogP contribution in [0.4, 0.5) is 0 Å². The van der Waals surface area contributed by atoms with Gasteiger partial charge in [-0.05, 0) is 24.3 Å². The Morgan fingerprint density at radius 2 is 1.75 bits per heavy atom. The maximum Gasteiger partial charge on any atom is 0.342 e. The van der Waals surface area contributed by atoms with Gasteiger partial charge >= 0.3 is 11.6 Å². The number of hydrogen-bond donors (Lipinski definition) is 1. The molecule has 0 bridgehead atoms. The smallest absolute Gasteiger partial charge is 0.342 e. The lowest BCUT2D eigenvalue weighted by Crippen LogP contribution is -2.10. The number of ether oxygens (including phenoxy) is 4. The van der Waals surface area contributed by atoms with Crippen molar-refractivity contribution in [2.45, 2.75) is 6.61 Å². The molecule has 2 aromatic carbocycles. The molecule has 146 valence electrons. The Morgan fingerprint density at radius 3 is 2.43 bits per heavy atom. The number of carbonyl (C=O) groups is 1. The van der Waals surface area contributed by atoms with Crippen molar-refractivity contribution in [2.75, 3.05) is 21.3 Å². The molecule has 1 N–H and O–H groups in total. The van der Waals surface area contributed by atoms with Crippen LogP contribution in [-0.2, 0) is 11.3 Å². The Morgan fingerprint density at radius 1 is 1.00 bits per heavy atom. The molecule has 0 radical (unpaired) electrons. The second-order valence-electron chi connectivity index (χ2n) is 5.73. The van der Waals surface area contributed by atoms with Gasteiger partial charge in [-0.15, -0.1) is 0 Å².